The Morgan fingerprint density at radius 3 is 2.64 bits per heavy atom. The molecule has 3 aromatic rings. The number of nitrogens with one attached hydrogen (secondary N) is 1. The van der Waals surface area contributed by atoms with Crippen LogP contribution in [0.15, 0.2) is 59.7 Å². The Balaban J connectivity index is 1.63. The highest BCUT2D eigenvalue weighted by Crippen LogP contribution is 2.21. The maximum atomic E-state index is 14.1. The van der Waals surface area contributed by atoms with Crippen LogP contribution in [-0.2, 0) is 4.79 Å². The maximum Gasteiger partial charge on any atom is 0.277 e. The molecular weight excluding hydrogens is 381 g/mol. The molecule has 0 atom stereocenters. The zero-order valence-electron chi connectivity index (χ0n) is 15.4. The van der Waals surface area contributed by atoms with Gasteiger partial charge < -0.3 is 9.30 Å². The van der Waals surface area contributed by atoms with Crippen LogP contribution in [0.25, 0.3) is 5.69 Å². The standard InChI is InChI=1S/C21H19ClFN3O2/c1-14-11-16(15(2)26(14)20-6-4-3-5-19(20)23)12-24-25-21(27)13-28-18-9-7-17(22)8-10-18/h3-12H,13H2,1-2H3,(H,25,27)/b24-12+. The van der Waals surface area contributed by atoms with Gasteiger partial charge in [0.15, 0.2) is 6.61 Å². The van der Waals surface area contributed by atoms with E-state index in [4.69, 9.17) is 16.3 Å². The van der Waals surface area contributed by atoms with Crippen LogP contribution in [0.1, 0.15) is 17.0 Å². The van der Waals surface area contributed by atoms with Crippen LogP contribution in [0, 0.1) is 19.7 Å². The molecule has 28 heavy (non-hydrogen) atoms. The molecule has 0 aliphatic rings. The number of rotatable bonds is 6. The number of aromatic nitrogens is 1. The van der Waals surface area contributed by atoms with E-state index in [0.29, 0.717) is 16.5 Å². The number of nitrogens with zero attached hydrogens (tertiary/aromatic N) is 2. The number of carbonyl (C=O) groups excluding carboxylic acids is 1. The van der Waals surface area contributed by atoms with E-state index in [2.05, 4.69) is 10.5 Å². The summed E-state index contributed by atoms with van der Waals surface area (Å²) in [4.78, 5) is 11.9. The zero-order chi connectivity index (χ0) is 20.1. The minimum atomic E-state index is -0.394. The molecule has 0 unspecified atom stereocenters. The monoisotopic (exact) mass is 399 g/mol. The van der Waals surface area contributed by atoms with Gasteiger partial charge in [0.25, 0.3) is 5.91 Å². The lowest BCUT2D eigenvalue weighted by Gasteiger charge is -2.10. The first kappa shape index (κ1) is 19.6. The molecule has 0 aliphatic carbocycles. The van der Waals surface area contributed by atoms with E-state index in [1.165, 1.54) is 12.3 Å². The molecule has 0 spiro atoms. The topological polar surface area (TPSA) is 55.6 Å². The van der Waals surface area contributed by atoms with Gasteiger partial charge in [-0.25, -0.2) is 9.82 Å². The van der Waals surface area contributed by atoms with Gasteiger partial charge in [0.05, 0.1) is 11.9 Å². The highest BCUT2D eigenvalue weighted by atomic mass is 35.5. The van der Waals surface area contributed by atoms with Crippen molar-refractivity contribution in [1.29, 1.82) is 0 Å². The number of para-hydroxylation sites is 1. The molecule has 0 bridgehead atoms. The van der Waals surface area contributed by atoms with Gasteiger partial charge in [-0.2, -0.15) is 5.10 Å². The van der Waals surface area contributed by atoms with Crippen molar-refractivity contribution in [2.45, 2.75) is 13.8 Å². The molecule has 1 amide bonds. The number of hydrazone groups is 1. The molecule has 7 heteroatoms. The second-order valence-corrected chi connectivity index (χ2v) is 6.59. The summed E-state index contributed by atoms with van der Waals surface area (Å²) in [6, 6.07) is 15.2. The number of halogens is 2. The smallest absolute Gasteiger partial charge is 0.277 e. The van der Waals surface area contributed by atoms with Gasteiger partial charge in [0.1, 0.15) is 11.6 Å². The normalized spacial score (nSPS) is 11.0. The van der Waals surface area contributed by atoms with Gasteiger partial charge in [0, 0.05) is 22.0 Å². The molecular formula is C21H19ClFN3O2. The van der Waals surface area contributed by atoms with E-state index in [1.807, 2.05) is 24.5 Å². The van der Waals surface area contributed by atoms with Crippen molar-refractivity contribution in [3.8, 4) is 11.4 Å². The molecule has 0 radical (unpaired) electrons. The van der Waals surface area contributed by atoms with Gasteiger partial charge >= 0.3 is 0 Å². The quantitative estimate of drug-likeness (QED) is 0.493. The van der Waals surface area contributed by atoms with Crippen molar-refractivity contribution in [3.63, 3.8) is 0 Å². The van der Waals surface area contributed by atoms with Crippen LogP contribution in [0.5, 0.6) is 5.75 Å². The third-order valence-corrected chi connectivity index (χ3v) is 4.39. The third kappa shape index (κ3) is 4.58. The number of amides is 1. The van der Waals surface area contributed by atoms with Crippen molar-refractivity contribution in [3.05, 3.63) is 82.4 Å². The SMILES string of the molecule is Cc1cc(/C=N/NC(=O)COc2ccc(Cl)cc2)c(C)n1-c1ccccc1F. The number of ether oxygens (including phenoxy) is 1. The molecule has 3 rings (SSSR count). The van der Waals surface area contributed by atoms with Gasteiger partial charge in [-0.15, -0.1) is 0 Å². The Labute approximate surface area is 167 Å². The van der Waals surface area contributed by atoms with E-state index < -0.39 is 5.91 Å². The first-order valence-electron chi connectivity index (χ1n) is 8.60. The highest BCUT2D eigenvalue weighted by molar-refractivity contribution is 6.30. The summed E-state index contributed by atoms with van der Waals surface area (Å²) in [5, 5.41) is 4.56. The summed E-state index contributed by atoms with van der Waals surface area (Å²) in [5.74, 6) is -0.161. The predicted molar refractivity (Wildman–Crippen MR) is 108 cm³/mol. The van der Waals surface area contributed by atoms with E-state index >= 15 is 0 Å². The van der Waals surface area contributed by atoms with Crippen molar-refractivity contribution in [1.82, 2.24) is 9.99 Å². The Morgan fingerprint density at radius 2 is 1.93 bits per heavy atom. The molecule has 0 fully saturated rings. The Hall–Kier alpha value is -3.12. The lowest BCUT2D eigenvalue weighted by Crippen LogP contribution is -2.24. The fraction of sp³-hybridized carbons (Fsp3) is 0.143. The van der Waals surface area contributed by atoms with E-state index in [1.54, 1.807) is 42.5 Å². The molecule has 2 aromatic carbocycles. The van der Waals surface area contributed by atoms with E-state index in [-0.39, 0.29) is 12.4 Å². The summed E-state index contributed by atoms with van der Waals surface area (Å²) in [6.45, 7) is 3.58. The highest BCUT2D eigenvalue weighted by Gasteiger charge is 2.12. The lowest BCUT2D eigenvalue weighted by atomic mass is 10.2. The average molecular weight is 400 g/mol. The Kier molecular flexibility index (Phi) is 6.11. The minimum Gasteiger partial charge on any atom is -0.484 e. The maximum absolute atomic E-state index is 14.1. The van der Waals surface area contributed by atoms with Crippen LogP contribution in [-0.4, -0.2) is 23.3 Å². The van der Waals surface area contributed by atoms with E-state index in [9.17, 15) is 9.18 Å². The molecule has 0 saturated heterocycles. The molecule has 0 aliphatic heterocycles. The average Bonchev–Trinajstić information content (AvgIpc) is 2.95. The van der Waals surface area contributed by atoms with Crippen LogP contribution in [0.4, 0.5) is 4.39 Å². The fourth-order valence-electron chi connectivity index (χ4n) is 2.81. The fourth-order valence-corrected chi connectivity index (χ4v) is 2.93. The van der Waals surface area contributed by atoms with Crippen LogP contribution >= 0.6 is 11.6 Å². The van der Waals surface area contributed by atoms with Gasteiger partial charge in [0.2, 0.25) is 0 Å². The van der Waals surface area contributed by atoms with E-state index in [0.717, 1.165) is 17.0 Å². The molecule has 0 saturated carbocycles. The number of aryl methyl sites for hydroxylation is 1. The molecule has 1 N–H and O–H groups in total. The Morgan fingerprint density at radius 1 is 1.21 bits per heavy atom. The molecule has 1 heterocycles. The largest absolute Gasteiger partial charge is 0.484 e. The summed E-state index contributed by atoms with van der Waals surface area (Å²) >= 11 is 5.80. The number of benzene rings is 2. The molecule has 1 aromatic heterocycles. The minimum absolute atomic E-state index is 0.173. The lowest BCUT2D eigenvalue weighted by molar-refractivity contribution is -0.123. The van der Waals surface area contributed by atoms with Crippen LogP contribution in [0.3, 0.4) is 0 Å². The summed E-state index contributed by atoms with van der Waals surface area (Å²) in [5.41, 5.74) is 5.34. The van der Waals surface area contributed by atoms with Crippen molar-refractivity contribution >= 4 is 23.7 Å². The number of hydrogen-bond donors (Lipinski definition) is 1. The van der Waals surface area contributed by atoms with Crippen molar-refractivity contribution < 1.29 is 13.9 Å². The zero-order valence-corrected chi connectivity index (χ0v) is 16.2. The third-order valence-electron chi connectivity index (χ3n) is 4.14. The second-order valence-electron chi connectivity index (χ2n) is 6.15. The Bertz CT molecular complexity index is 1010. The molecule has 144 valence electrons. The van der Waals surface area contributed by atoms with Gasteiger partial charge in [-0.3, -0.25) is 4.79 Å². The van der Waals surface area contributed by atoms with Crippen molar-refractivity contribution in [2.75, 3.05) is 6.61 Å². The second kappa shape index (κ2) is 8.71. The van der Waals surface area contributed by atoms with Gasteiger partial charge in [-0.1, -0.05) is 23.7 Å². The first-order chi connectivity index (χ1) is 13.5. The summed E-state index contributed by atoms with van der Waals surface area (Å²) in [6.07, 6.45) is 1.53. The first-order valence-corrected chi connectivity index (χ1v) is 8.97. The van der Waals surface area contributed by atoms with Gasteiger partial charge in [-0.05, 0) is 56.3 Å². The molecule has 5 nitrogen and oxygen atoms in total. The number of carbonyl (C=O) groups is 1. The summed E-state index contributed by atoms with van der Waals surface area (Å²) < 4.78 is 21.3. The summed E-state index contributed by atoms with van der Waals surface area (Å²) in [7, 11) is 0. The van der Waals surface area contributed by atoms with Crippen molar-refractivity contribution in [2.24, 2.45) is 5.10 Å². The van der Waals surface area contributed by atoms with Crippen LogP contribution in [0.2, 0.25) is 5.02 Å². The van der Waals surface area contributed by atoms with Crippen LogP contribution < -0.4 is 10.2 Å². The number of hydrogen-bond acceptors (Lipinski definition) is 3. The predicted octanol–water partition coefficient (Wildman–Crippen LogP) is 4.42.